The molecule has 0 bridgehead atoms. The molecule has 7 nitrogen and oxygen atoms in total. The van der Waals surface area contributed by atoms with Crippen molar-refractivity contribution in [2.75, 3.05) is 6.61 Å². The lowest BCUT2D eigenvalue weighted by atomic mass is 10.2. The molecule has 0 atom stereocenters. The van der Waals surface area contributed by atoms with E-state index in [0.717, 1.165) is 0 Å². The van der Waals surface area contributed by atoms with Gasteiger partial charge in [0.05, 0.1) is 21.4 Å². The summed E-state index contributed by atoms with van der Waals surface area (Å²) in [6.07, 6.45) is 2.71. The molecule has 3 aromatic rings. The van der Waals surface area contributed by atoms with Gasteiger partial charge >= 0.3 is 5.97 Å². The third-order valence-corrected chi connectivity index (χ3v) is 5.50. The summed E-state index contributed by atoms with van der Waals surface area (Å²) in [5.74, 6) is -0.429. The van der Waals surface area contributed by atoms with E-state index in [4.69, 9.17) is 25.5 Å². The lowest BCUT2D eigenvalue weighted by Crippen LogP contribution is -2.24. The molecule has 0 aliphatic carbocycles. The SMILES string of the molecule is O=C(COc1ccc(Cl)cc1Br)NN=Cc1cc(Br)cc(Br)c1OC(=O)c1ccco1. The van der Waals surface area contributed by atoms with E-state index in [1.807, 2.05) is 0 Å². The van der Waals surface area contributed by atoms with Crippen LogP contribution < -0.4 is 14.9 Å². The van der Waals surface area contributed by atoms with Crippen molar-refractivity contribution in [3.8, 4) is 11.5 Å². The van der Waals surface area contributed by atoms with Crippen LogP contribution in [-0.2, 0) is 4.79 Å². The Morgan fingerprint density at radius 2 is 1.94 bits per heavy atom. The highest BCUT2D eigenvalue weighted by molar-refractivity contribution is 9.11. The second-order valence-corrected chi connectivity index (χ2v) is 8.89. The van der Waals surface area contributed by atoms with Crippen LogP contribution in [-0.4, -0.2) is 24.7 Å². The molecule has 0 aliphatic rings. The van der Waals surface area contributed by atoms with Gasteiger partial charge in [-0.15, -0.1) is 0 Å². The van der Waals surface area contributed by atoms with Gasteiger partial charge in [-0.25, -0.2) is 10.2 Å². The van der Waals surface area contributed by atoms with Crippen molar-refractivity contribution >= 4 is 77.5 Å². The topological polar surface area (TPSA) is 90.1 Å². The van der Waals surface area contributed by atoms with Gasteiger partial charge in [-0.1, -0.05) is 27.5 Å². The first-order valence-corrected chi connectivity index (χ1v) is 11.2. The zero-order valence-electron chi connectivity index (χ0n) is 15.4. The minimum Gasteiger partial charge on any atom is -0.483 e. The van der Waals surface area contributed by atoms with Gasteiger partial charge in [0.25, 0.3) is 5.91 Å². The fourth-order valence-corrected chi connectivity index (χ4v) is 4.40. The van der Waals surface area contributed by atoms with Crippen LogP contribution in [0.2, 0.25) is 5.02 Å². The minimum absolute atomic E-state index is 0.0523. The number of carbonyl (C=O) groups excluding carboxylic acids is 2. The van der Waals surface area contributed by atoms with Crippen LogP contribution in [0.1, 0.15) is 16.1 Å². The zero-order chi connectivity index (χ0) is 22.4. The molecule has 160 valence electrons. The van der Waals surface area contributed by atoms with Gasteiger partial charge in [0.1, 0.15) is 5.75 Å². The summed E-state index contributed by atoms with van der Waals surface area (Å²) in [6.45, 7) is -0.264. The Kier molecular flexibility index (Phi) is 8.30. The van der Waals surface area contributed by atoms with E-state index < -0.39 is 11.9 Å². The van der Waals surface area contributed by atoms with Crippen LogP contribution in [0, 0.1) is 0 Å². The molecule has 3 rings (SSSR count). The van der Waals surface area contributed by atoms with Crippen LogP contribution in [0.3, 0.4) is 0 Å². The Bertz CT molecular complexity index is 1140. The number of hydrogen-bond acceptors (Lipinski definition) is 6. The number of amides is 1. The minimum atomic E-state index is -0.673. The summed E-state index contributed by atoms with van der Waals surface area (Å²) >= 11 is 15.9. The molecule has 1 amide bonds. The lowest BCUT2D eigenvalue weighted by molar-refractivity contribution is -0.123. The van der Waals surface area contributed by atoms with Crippen molar-refractivity contribution in [2.45, 2.75) is 0 Å². The Morgan fingerprint density at radius 1 is 1.13 bits per heavy atom. The largest absolute Gasteiger partial charge is 0.483 e. The summed E-state index contributed by atoms with van der Waals surface area (Å²) in [5.41, 5.74) is 2.79. The maximum atomic E-state index is 12.2. The molecule has 0 saturated heterocycles. The fraction of sp³-hybridized carbons (Fsp3) is 0.0500. The predicted molar refractivity (Wildman–Crippen MR) is 126 cm³/mol. The first kappa shape index (κ1) is 23.5. The smallest absolute Gasteiger partial charge is 0.379 e. The quantitative estimate of drug-likeness (QED) is 0.150. The number of hydrogen-bond donors (Lipinski definition) is 1. The summed E-state index contributed by atoms with van der Waals surface area (Å²) in [4.78, 5) is 24.3. The van der Waals surface area contributed by atoms with Crippen LogP contribution >= 0.6 is 59.4 Å². The van der Waals surface area contributed by atoms with Crippen LogP contribution in [0.4, 0.5) is 0 Å². The maximum Gasteiger partial charge on any atom is 0.379 e. The number of nitrogens with zero attached hydrogens (tertiary/aromatic N) is 1. The number of hydrazone groups is 1. The third kappa shape index (κ3) is 6.67. The number of furan rings is 1. The Hall–Kier alpha value is -2.14. The van der Waals surface area contributed by atoms with Gasteiger partial charge in [-0.2, -0.15) is 5.10 Å². The van der Waals surface area contributed by atoms with Gasteiger partial charge in [0, 0.05) is 15.1 Å². The number of nitrogens with one attached hydrogen (secondary N) is 1. The molecule has 0 unspecified atom stereocenters. The molecule has 11 heteroatoms. The number of esters is 1. The molecule has 1 heterocycles. The molecule has 2 aromatic carbocycles. The second kappa shape index (κ2) is 10.9. The Morgan fingerprint density at radius 3 is 2.65 bits per heavy atom. The first-order chi connectivity index (χ1) is 14.8. The number of ether oxygens (including phenoxy) is 2. The standard InChI is InChI=1S/C20H12Br3ClN2O5/c21-12-6-11(19(15(23)7-12)31-20(28)17-2-1-5-29-17)9-25-26-18(27)10-30-16-4-3-13(24)8-14(16)22/h1-9H,10H2,(H,26,27). The zero-order valence-corrected chi connectivity index (χ0v) is 20.9. The van der Waals surface area contributed by atoms with Crippen molar-refractivity contribution in [3.63, 3.8) is 0 Å². The van der Waals surface area contributed by atoms with Gasteiger partial charge in [0.15, 0.2) is 12.4 Å². The summed E-state index contributed by atoms with van der Waals surface area (Å²) in [5, 5.41) is 4.45. The summed E-state index contributed by atoms with van der Waals surface area (Å²) in [6, 6.07) is 11.4. The van der Waals surface area contributed by atoms with Gasteiger partial charge in [0.2, 0.25) is 5.76 Å². The molecule has 0 spiro atoms. The normalized spacial score (nSPS) is 10.8. The number of benzene rings is 2. The second-order valence-electron chi connectivity index (χ2n) is 5.83. The van der Waals surface area contributed by atoms with Gasteiger partial charge in [-0.3, -0.25) is 4.79 Å². The molecule has 1 N–H and O–H groups in total. The average molecular weight is 635 g/mol. The molecule has 0 aliphatic heterocycles. The van der Waals surface area contributed by atoms with Crippen LogP contribution in [0.15, 0.2) is 71.7 Å². The van der Waals surface area contributed by atoms with Crippen molar-refractivity contribution in [1.82, 2.24) is 5.43 Å². The van der Waals surface area contributed by atoms with Gasteiger partial charge in [-0.05, 0) is 74.3 Å². The molecular formula is C20H12Br3ClN2O5. The number of halogens is 4. The molecular weight excluding hydrogens is 623 g/mol. The Labute approximate surface area is 207 Å². The van der Waals surface area contributed by atoms with E-state index in [-0.39, 0.29) is 18.1 Å². The maximum absolute atomic E-state index is 12.2. The van der Waals surface area contributed by atoms with Crippen molar-refractivity contribution < 1.29 is 23.5 Å². The van der Waals surface area contributed by atoms with Crippen molar-refractivity contribution in [3.05, 3.63) is 78.5 Å². The number of carbonyl (C=O) groups is 2. The van der Waals surface area contributed by atoms with E-state index in [0.29, 0.717) is 29.8 Å². The summed E-state index contributed by atoms with van der Waals surface area (Å²) < 4.78 is 17.7. The predicted octanol–water partition coefficient (Wildman–Crippen LogP) is 5.97. The highest BCUT2D eigenvalue weighted by Crippen LogP contribution is 2.33. The van der Waals surface area contributed by atoms with Crippen LogP contribution in [0.25, 0.3) is 0 Å². The lowest BCUT2D eigenvalue weighted by Gasteiger charge is -2.10. The van der Waals surface area contributed by atoms with Gasteiger partial charge < -0.3 is 13.9 Å². The van der Waals surface area contributed by atoms with E-state index in [1.54, 1.807) is 36.4 Å². The van der Waals surface area contributed by atoms with Crippen molar-refractivity contribution in [1.29, 1.82) is 0 Å². The third-order valence-electron chi connectivity index (χ3n) is 3.60. The Balaban J connectivity index is 1.65. The van der Waals surface area contributed by atoms with E-state index in [9.17, 15) is 9.59 Å². The van der Waals surface area contributed by atoms with E-state index >= 15 is 0 Å². The number of rotatable bonds is 7. The first-order valence-electron chi connectivity index (χ1n) is 8.48. The molecule has 0 saturated carbocycles. The summed E-state index contributed by atoms with van der Waals surface area (Å²) in [7, 11) is 0. The molecule has 31 heavy (non-hydrogen) atoms. The molecule has 1 aromatic heterocycles. The van der Waals surface area contributed by atoms with E-state index in [2.05, 4.69) is 58.3 Å². The molecule has 0 fully saturated rings. The molecule has 0 radical (unpaired) electrons. The fourth-order valence-electron chi connectivity index (χ4n) is 2.26. The average Bonchev–Trinajstić information content (AvgIpc) is 3.24. The van der Waals surface area contributed by atoms with E-state index in [1.165, 1.54) is 18.5 Å². The monoisotopic (exact) mass is 632 g/mol. The highest BCUT2D eigenvalue weighted by Gasteiger charge is 2.17. The van der Waals surface area contributed by atoms with Crippen molar-refractivity contribution in [2.24, 2.45) is 5.10 Å². The highest BCUT2D eigenvalue weighted by atomic mass is 79.9. The van der Waals surface area contributed by atoms with Crippen LogP contribution in [0.5, 0.6) is 11.5 Å².